The minimum Gasteiger partial charge on any atom is -0.477 e. The molecule has 2 N–H and O–H groups in total. The number of likely N-dealkylation sites (N-methyl/N-ethyl adjacent to an activating group) is 1. The number of aryl methyl sites for hydroxylation is 1. The first-order valence-electron chi connectivity index (χ1n) is 10.7. The van der Waals surface area contributed by atoms with Crippen molar-refractivity contribution in [2.75, 3.05) is 39.3 Å². The number of hydrogen-bond donors (Lipinski definition) is 2. The zero-order valence-corrected chi connectivity index (χ0v) is 19.2. The smallest absolute Gasteiger partial charge is 0.277 e. The molecule has 11 nitrogen and oxygen atoms in total. The first kappa shape index (κ1) is 22.4. The van der Waals surface area contributed by atoms with Gasteiger partial charge in [0.1, 0.15) is 21.8 Å². The molecule has 3 aromatic rings. The van der Waals surface area contributed by atoms with Crippen LogP contribution >= 0.6 is 0 Å². The molecular weight excluding hydrogens is 434 g/mol. The summed E-state index contributed by atoms with van der Waals surface area (Å²) < 4.78 is 33.7. The quantitative estimate of drug-likeness (QED) is 0.532. The number of H-pyrrole nitrogens is 2. The summed E-state index contributed by atoms with van der Waals surface area (Å²) in [6.45, 7) is 9.16. The number of piperazine rings is 1. The Morgan fingerprint density at radius 3 is 2.56 bits per heavy atom. The van der Waals surface area contributed by atoms with E-state index in [-0.39, 0.29) is 22.1 Å². The number of nitrogens with zero attached hydrogens (tertiary/aromatic N) is 5. The summed E-state index contributed by atoms with van der Waals surface area (Å²) >= 11 is 0. The van der Waals surface area contributed by atoms with Crippen LogP contribution in [0.15, 0.2) is 22.0 Å². The van der Waals surface area contributed by atoms with E-state index in [1.807, 2.05) is 6.92 Å². The second-order valence-corrected chi connectivity index (χ2v) is 9.40. The van der Waals surface area contributed by atoms with Crippen molar-refractivity contribution in [1.29, 1.82) is 0 Å². The molecule has 3 aromatic heterocycles. The standard InChI is InChI=1S/C20H27N7O4S/c1-4-15-16-17(25-24-15)19(28)23-18(22-16)14-11-13(12-21-20(14)31-6-3)32(29,30)27-9-7-26(5-2)8-10-27/h11-12H,4-10H2,1-3H3,(H,24,25)(H,22,23,28). The van der Waals surface area contributed by atoms with Crippen molar-refractivity contribution in [3.63, 3.8) is 0 Å². The summed E-state index contributed by atoms with van der Waals surface area (Å²) in [5, 5.41) is 6.84. The lowest BCUT2D eigenvalue weighted by Crippen LogP contribution is -2.48. The Hall–Kier alpha value is -2.83. The van der Waals surface area contributed by atoms with Gasteiger partial charge < -0.3 is 14.6 Å². The molecule has 0 bridgehead atoms. The Morgan fingerprint density at radius 1 is 1.16 bits per heavy atom. The highest BCUT2D eigenvalue weighted by atomic mass is 32.2. The van der Waals surface area contributed by atoms with Crippen LogP contribution in [-0.4, -0.2) is 82.1 Å². The molecule has 0 aromatic carbocycles. The number of rotatable bonds is 7. The molecule has 1 saturated heterocycles. The third kappa shape index (κ3) is 4.00. The average molecular weight is 462 g/mol. The largest absolute Gasteiger partial charge is 0.477 e. The van der Waals surface area contributed by atoms with E-state index in [4.69, 9.17) is 4.74 Å². The second-order valence-electron chi connectivity index (χ2n) is 7.46. The number of hydrogen-bond acceptors (Lipinski definition) is 8. The number of sulfonamides is 1. The van der Waals surface area contributed by atoms with Crippen LogP contribution in [0.4, 0.5) is 0 Å². The molecule has 0 atom stereocenters. The number of pyridine rings is 1. The molecule has 1 fully saturated rings. The molecule has 0 radical (unpaired) electrons. The Morgan fingerprint density at radius 2 is 1.91 bits per heavy atom. The van der Waals surface area contributed by atoms with Gasteiger partial charge in [-0.3, -0.25) is 9.89 Å². The minimum atomic E-state index is -3.76. The number of aromatic amines is 2. The normalized spacial score (nSPS) is 16.0. The van der Waals surface area contributed by atoms with Crippen molar-refractivity contribution in [2.45, 2.75) is 32.1 Å². The van der Waals surface area contributed by atoms with Crippen molar-refractivity contribution < 1.29 is 13.2 Å². The predicted molar refractivity (Wildman–Crippen MR) is 119 cm³/mol. The van der Waals surface area contributed by atoms with Crippen LogP contribution in [0.25, 0.3) is 22.4 Å². The van der Waals surface area contributed by atoms with Crippen LogP contribution in [0.1, 0.15) is 26.5 Å². The van der Waals surface area contributed by atoms with E-state index in [0.29, 0.717) is 56.0 Å². The van der Waals surface area contributed by atoms with Crippen molar-refractivity contribution >= 4 is 21.1 Å². The third-order valence-electron chi connectivity index (χ3n) is 5.61. The lowest BCUT2D eigenvalue weighted by Gasteiger charge is -2.33. The average Bonchev–Trinajstić information content (AvgIpc) is 3.23. The molecule has 12 heteroatoms. The van der Waals surface area contributed by atoms with Gasteiger partial charge in [0.2, 0.25) is 15.9 Å². The van der Waals surface area contributed by atoms with E-state index in [9.17, 15) is 13.2 Å². The SMILES string of the molecule is CCOc1ncc(S(=O)(=O)N2CCN(CC)CC2)cc1-c1nc2c(CC)n[nH]c2c(=O)[nH]1. The maximum absolute atomic E-state index is 13.3. The highest BCUT2D eigenvalue weighted by molar-refractivity contribution is 7.89. The zero-order chi connectivity index (χ0) is 22.9. The number of ether oxygens (including phenoxy) is 1. The fourth-order valence-electron chi connectivity index (χ4n) is 3.77. The summed E-state index contributed by atoms with van der Waals surface area (Å²) in [5.41, 5.74) is 1.27. The molecule has 4 heterocycles. The van der Waals surface area contributed by atoms with Crippen LogP contribution in [0.5, 0.6) is 5.88 Å². The van der Waals surface area contributed by atoms with Crippen LogP contribution < -0.4 is 10.3 Å². The van der Waals surface area contributed by atoms with E-state index in [2.05, 4.69) is 37.0 Å². The van der Waals surface area contributed by atoms with Crippen LogP contribution in [0.3, 0.4) is 0 Å². The maximum atomic E-state index is 13.3. The summed E-state index contributed by atoms with van der Waals surface area (Å²) in [7, 11) is -3.76. The summed E-state index contributed by atoms with van der Waals surface area (Å²) in [6, 6.07) is 1.47. The van der Waals surface area contributed by atoms with Crippen molar-refractivity contribution in [3.8, 4) is 17.3 Å². The predicted octanol–water partition coefficient (Wildman–Crippen LogP) is 0.995. The molecule has 1 aliphatic heterocycles. The summed E-state index contributed by atoms with van der Waals surface area (Å²) in [6.07, 6.45) is 1.88. The number of nitrogens with one attached hydrogen (secondary N) is 2. The monoisotopic (exact) mass is 461 g/mol. The lowest BCUT2D eigenvalue weighted by molar-refractivity contribution is 0.196. The van der Waals surface area contributed by atoms with Gasteiger partial charge in [0.25, 0.3) is 5.56 Å². The van der Waals surface area contributed by atoms with Gasteiger partial charge in [-0.1, -0.05) is 13.8 Å². The van der Waals surface area contributed by atoms with E-state index in [1.165, 1.54) is 16.6 Å². The van der Waals surface area contributed by atoms with Crippen molar-refractivity contribution in [1.82, 2.24) is 34.4 Å². The fraction of sp³-hybridized carbons (Fsp3) is 0.500. The molecule has 4 rings (SSSR count). The van der Waals surface area contributed by atoms with Gasteiger partial charge in [0.05, 0.1) is 24.1 Å². The first-order chi connectivity index (χ1) is 15.4. The van der Waals surface area contributed by atoms with Crippen molar-refractivity contribution in [2.24, 2.45) is 0 Å². The maximum Gasteiger partial charge on any atom is 0.277 e. The highest BCUT2D eigenvalue weighted by Crippen LogP contribution is 2.30. The van der Waals surface area contributed by atoms with Gasteiger partial charge in [-0.2, -0.15) is 9.40 Å². The molecule has 1 aliphatic rings. The van der Waals surface area contributed by atoms with E-state index in [1.54, 1.807) is 6.92 Å². The topological polar surface area (TPSA) is 137 Å². The molecule has 0 saturated carbocycles. The van der Waals surface area contributed by atoms with Gasteiger partial charge in [0.15, 0.2) is 0 Å². The molecule has 0 amide bonds. The highest BCUT2D eigenvalue weighted by Gasteiger charge is 2.29. The van der Waals surface area contributed by atoms with Gasteiger partial charge in [-0.05, 0) is 26.0 Å². The van der Waals surface area contributed by atoms with E-state index in [0.717, 1.165) is 6.54 Å². The third-order valence-corrected chi connectivity index (χ3v) is 7.47. The van der Waals surface area contributed by atoms with E-state index < -0.39 is 15.6 Å². The van der Waals surface area contributed by atoms with Gasteiger partial charge in [-0.25, -0.2) is 18.4 Å². The Bertz CT molecular complexity index is 1280. The molecule has 0 aliphatic carbocycles. The zero-order valence-electron chi connectivity index (χ0n) is 18.4. The molecule has 0 unspecified atom stereocenters. The Labute approximate surface area is 185 Å². The second kappa shape index (κ2) is 8.96. The lowest BCUT2D eigenvalue weighted by atomic mass is 10.2. The number of aromatic nitrogens is 5. The first-order valence-corrected chi connectivity index (χ1v) is 12.2. The van der Waals surface area contributed by atoms with Crippen LogP contribution in [0, 0.1) is 0 Å². The Balaban J connectivity index is 1.80. The summed E-state index contributed by atoms with van der Waals surface area (Å²) in [4.78, 5) is 26.3. The molecule has 172 valence electrons. The Kier molecular flexibility index (Phi) is 6.26. The van der Waals surface area contributed by atoms with Gasteiger partial charge >= 0.3 is 0 Å². The number of fused-ring (bicyclic) bond motifs is 1. The fourth-order valence-corrected chi connectivity index (χ4v) is 5.16. The van der Waals surface area contributed by atoms with Crippen LogP contribution in [0.2, 0.25) is 0 Å². The molecule has 0 spiro atoms. The summed E-state index contributed by atoms with van der Waals surface area (Å²) in [5.74, 6) is 0.383. The minimum absolute atomic E-state index is 0.0338. The van der Waals surface area contributed by atoms with Gasteiger partial charge in [0, 0.05) is 26.2 Å². The van der Waals surface area contributed by atoms with Gasteiger partial charge in [-0.15, -0.1) is 0 Å². The van der Waals surface area contributed by atoms with Crippen molar-refractivity contribution in [3.05, 3.63) is 28.3 Å². The molecular formula is C20H27N7O4S. The van der Waals surface area contributed by atoms with E-state index >= 15 is 0 Å². The van der Waals surface area contributed by atoms with Crippen LogP contribution in [-0.2, 0) is 16.4 Å². The molecule has 32 heavy (non-hydrogen) atoms.